The Bertz CT molecular complexity index is 417. The summed E-state index contributed by atoms with van der Waals surface area (Å²) >= 11 is 0. The smallest absolute Gasteiger partial charge is 0.341 e. The van der Waals surface area contributed by atoms with Gasteiger partial charge in [-0.3, -0.25) is 4.79 Å². The Morgan fingerprint density at radius 2 is 2.12 bits per heavy atom. The molecule has 92 valence electrons. The van der Waals surface area contributed by atoms with Gasteiger partial charge in [-0.2, -0.15) is 0 Å². The zero-order chi connectivity index (χ0) is 12.8. The van der Waals surface area contributed by atoms with Crippen LogP contribution in [0.25, 0.3) is 0 Å². The monoisotopic (exact) mass is 237 g/mol. The number of ether oxygens (including phenoxy) is 1. The molecule has 1 amide bonds. The largest absolute Gasteiger partial charge is 0.482 e. The Morgan fingerprint density at radius 1 is 1.41 bits per heavy atom. The van der Waals surface area contributed by atoms with Crippen LogP contribution in [0.2, 0.25) is 0 Å². The standard InChI is InChI=1S/C12H15NO4/c1-9(14)13(2)7-10-4-3-5-11(6-10)17-8-12(15)16/h3-6H,7-8H2,1-2H3,(H,15,16). The summed E-state index contributed by atoms with van der Waals surface area (Å²) in [6, 6.07) is 7.02. The summed E-state index contributed by atoms with van der Waals surface area (Å²) in [4.78, 5) is 23.0. The fraction of sp³-hybridized carbons (Fsp3) is 0.333. The molecule has 0 saturated carbocycles. The van der Waals surface area contributed by atoms with Gasteiger partial charge in [0.2, 0.25) is 5.91 Å². The predicted octanol–water partition coefficient (Wildman–Crippen LogP) is 1.13. The lowest BCUT2D eigenvalue weighted by Crippen LogP contribution is -2.23. The lowest BCUT2D eigenvalue weighted by Gasteiger charge is -2.15. The summed E-state index contributed by atoms with van der Waals surface area (Å²) in [6.07, 6.45) is 0. The first kappa shape index (κ1) is 13.0. The first-order valence-electron chi connectivity index (χ1n) is 5.14. The molecule has 0 heterocycles. The second kappa shape index (κ2) is 5.89. The summed E-state index contributed by atoms with van der Waals surface area (Å²) in [7, 11) is 1.70. The Balaban J connectivity index is 2.65. The minimum atomic E-state index is -1.02. The number of aliphatic carboxylic acids is 1. The molecule has 1 rings (SSSR count). The van der Waals surface area contributed by atoms with Crippen LogP contribution < -0.4 is 4.74 Å². The molecule has 0 saturated heterocycles. The van der Waals surface area contributed by atoms with E-state index in [9.17, 15) is 9.59 Å². The SMILES string of the molecule is CC(=O)N(C)Cc1cccc(OCC(=O)O)c1. The van der Waals surface area contributed by atoms with Gasteiger partial charge in [-0.1, -0.05) is 12.1 Å². The highest BCUT2D eigenvalue weighted by Crippen LogP contribution is 2.14. The predicted molar refractivity (Wildman–Crippen MR) is 61.7 cm³/mol. The number of benzene rings is 1. The van der Waals surface area contributed by atoms with E-state index in [0.717, 1.165) is 5.56 Å². The molecule has 0 atom stereocenters. The van der Waals surface area contributed by atoms with Crippen molar-refractivity contribution < 1.29 is 19.4 Å². The number of carbonyl (C=O) groups is 2. The van der Waals surface area contributed by atoms with Crippen molar-refractivity contribution in [3.05, 3.63) is 29.8 Å². The number of hydrogen-bond donors (Lipinski definition) is 1. The molecule has 5 heteroatoms. The van der Waals surface area contributed by atoms with Crippen molar-refractivity contribution in [2.45, 2.75) is 13.5 Å². The van der Waals surface area contributed by atoms with Gasteiger partial charge in [0.25, 0.3) is 0 Å². The van der Waals surface area contributed by atoms with Crippen LogP contribution in [0.4, 0.5) is 0 Å². The molecular formula is C12H15NO4. The third kappa shape index (κ3) is 4.55. The van der Waals surface area contributed by atoms with Gasteiger partial charge >= 0.3 is 5.97 Å². The van der Waals surface area contributed by atoms with Gasteiger partial charge in [-0.15, -0.1) is 0 Å². The average Bonchev–Trinajstić information content (AvgIpc) is 2.26. The number of rotatable bonds is 5. The van der Waals surface area contributed by atoms with E-state index >= 15 is 0 Å². The molecule has 0 unspecified atom stereocenters. The van der Waals surface area contributed by atoms with Gasteiger partial charge in [0.05, 0.1) is 0 Å². The Kier molecular flexibility index (Phi) is 4.51. The maximum absolute atomic E-state index is 11.1. The molecule has 0 aliphatic carbocycles. The minimum Gasteiger partial charge on any atom is -0.482 e. The van der Waals surface area contributed by atoms with E-state index in [2.05, 4.69) is 0 Å². The highest BCUT2D eigenvalue weighted by atomic mass is 16.5. The molecule has 17 heavy (non-hydrogen) atoms. The van der Waals surface area contributed by atoms with E-state index < -0.39 is 5.97 Å². The van der Waals surface area contributed by atoms with Crippen LogP contribution >= 0.6 is 0 Å². The lowest BCUT2D eigenvalue weighted by molar-refractivity contribution is -0.139. The highest BCUT2D eigenvalue weighted by molar-refractivity contribution is 5.72. The summed E-state index contributed by atoms with van der Waals surface area (Å²) < 4.78 is 5.05. The van der Waals surface area contributed by atoms with E-state index in [4.69, 9.17) is 9.84 Å². The molecule has 0 aliphatic heterocycles. The van der Waals surface area contributed by atoms with Crippen molar-refractivity contribution in [3.63, 3.8) is 0 Å². The van der Waals surface area contributed by atoms with Crippen molar-refractivity contribution in [2.24, 2.45) is 0 Å². The lowest BCUT2D eigenvalue weighted by atomic mass is 10.2. The third-order valence-electron chi connectivity index (χ3n) is 2.22. The number of carboxylic acid groups (broad SMARTS) is 1. The summed E-state index contributed by atoms with van der Waals surface area (Å²) in [6.45, 7) is 1.59. The van der Waals surface area contributed by atoms with Crippen LogP contribution in [0.3, 0.4) is 0 Å². The number of hydrogen-bond acceptors (Lipinski definition) is 3. The molecule has 0 aliphatic rings. The summed E-state index contributed by atoms with van der Waals surface area (Å²) in [5.74, 6) is -0.556. The van der Waals surface area contributed by atoms with Gasteiger partial charge in [0, 0.05) is 20.5 Å². The Morgan fingerprint density at radius 3 is 2.71 bits per heavy atom. The van der Waals surface area contributed by atoms with E-state index in [1.165, 1.54) is 6.92 Å². The molecule has 0 spiro atoms. The highest BCUT2D eigenvalue weighted by Gasteiger charge is 2.05. The van der Waals surface area contributed by atoms with Crippen LogP contribution in [0.1, 0.15) is 12.5 Å². The van der Waals surface area contributed by atoms with E-state index in [-0.39, 0.29) is 12.5 Å². The minimum absolute atomic E-state index is 0.0261. The van der Waals surface area contributed by atoms with Crippen molar-refractivity contribution >= 4 is 11.9 Å². The molecule has 0 radical (unpaired) electrons. The van der Waals surface area contributed by atoms with Crippen LogP contribution in [0.5, 0.6) is 5.75 Å². The maximum Gasteiger partial charge on any atom is 0.341 e. The van der Waals surface area contributed by atoms with E-state index in [1.807, 2.05) is 6.07 Å². The molecule has 0 fully saturated rings. The summed E-state index contributed by atoms with van der Waals surface area (Å²) in [5.41, 5.74) is 0.894. The van der Waals surface area contributed by atoms with Crippen molar-refractivity contribution in [2.75, 3.05) is 13.7 Å². The first-order chi connectivity index (χ1) is 7.99. The van der Waals surface area contributed by atoms with Crippen molar-refractivity contribution in [3.8, 4) is 5.75 Å². The fourth-order valence-corrected chi connectivity index (χ4v) is 1.26. The van der Waals surface area contributed by atoms with Gasteiger partial charge in [-0.05, 0) is 17.7 Å². The number of carboxylic acids is 1. The van der Waals surface area contributed by atoms with E-state index in [1.54, 1.807) is 30.1 Å². The topological polar surface area (TPSA) is 66.8 Å². The zero-order valence-electron chi connectivity index (χ0n) is 9.84. The molecule has 0 aromatic heterocycles. The average molecular weight is 237 g/mol. The van der Waals surface area contributed by atoms with Crippen molar-refractivity contribution in [1.29, 1.82) is 0 Å². The first-order valence-corrected chi connectivity index (χ1v) is 5.14. The maximum atomic E-state index is 11.1. The van der Waals surface area contributed by atoms with Crippen molar-refractivity contribution in [1.82, 2.24) is 4.90 Å². The third-order valence-corrected chi connectivity index (χ3v) is 2.22. The molecule has 0 bridgehead atoms. The second-order valence-electron chi connectivity index (χ2n) is 3.70. The molecule has 1 aromatic rings. The number of carbonyl (C=O) groups excluding carboxylic acids is 1. The van der Waals surface area contributed by atoms with Crippen LogP contribution in [-0.4, -0.2) is 35.5 Å². The van der Waals surface area contributed by atoms with Gasteiger partial charge in [0.15, 0.2) is 6.61 Å². The van der Waals surface area contributed by atoms with E-state index in [0.29, 0.717) is 12.3 Å². The zero-order valence-corrected chi connectivity index (χ0v) is 9.84. The fourth-order valence-electron chi connectivity index (χ4n) is 1.26. The van der Waals surface area contributed by atoms with Gasteiger partial charge in [-0.25, -0.2) is 4.79 Å². The number of amides is 1. The van der Waals surface area contributed by atoms with Gasteiger partial charge < -0.3 is 14.7 Å². The Hall–Kier alpha value is -2.04. The van der Waals surface area contributed by atoms with Gasteiger partial charge in [0.1, 0.15) is 5.75 Å². The quantitative estimate of drug-likeness (QED) is 0.833. The number of nitrogens with zero attached hydrogens (tertiary/aromatic N) is 1. The molecule has 5 nitrogen and oxygen atoms in total. The molecular weight excluding hydrogens is 222 g/mol. The van der Waals surface area contributed by atoms with Crippen LogP contribution in [-0.2, 0) is 16.1 Å². The summed E-state index contributed by atoms with van der Waals surface area (Å²) in [5, 5.41) is 8.48. The second-order valence-corrected chi connectivity index (χ2v) is 3.70. The Labute approximate surface area is 99.6 Å². The molecule has 1 aromatic carbocycles. The van der Waals surface area contributed by atoms with Crippen LogP contribution in [0, 0.1) is 0 Å². The van der Waals surface area contributed by atoms with Crippen LogP contribution in [0.15, 0.2) is 24.3 Å². The normalized spacial score (nSPS) is 9.76. The molecule has 1 N–H and O–H groups in total.